The largest absolute Gasteiger partial charge is 0.633 e. The molecule has 0 saturated carbocycles. The Morgan fingerprint density at radius 1 is 1.33 bits per heavy atom. The minimum Gasteiger partial charge on any atom is -0.633 e. The van der Waals surface area contributed by atoms with E-state index in [0.29, 0.717) is 0 Å². The van der Waals surface area contributed by atoms with E-state index in [2.05, 4.69) is 5.32 Å². The number of piperidine rings is 1. The van der Waals surface area contributed by atoms with Gasteiger partial charge in [-0.15, -0.1) is 0 Å². The summed E-state index contributed by atoms with van der Waals surface area (Å²) in [5, 5.41) is 14.4. The van der Waals surface area contributed by atoms with E-state index >= 15 is 0 Å². The summed E-state index contributed by atoms with van der Waals surface area (Å²) in [7, 11) is -1.86. The summed E-state index contributed by atoms with van der Waals surface area (Å²) in [6.07, 6.45) is 0.989. The molecule has 0 radical (unpaired) electrons. The third-order valence-electron chi connectivity index (χ3n) is 3.82. The Morgan fingerprint density at radius 3 is 2.19 bits per heavy atom. The maximum atomic E-state index is 12.1. The molecule has 1 amide bonds. The van der Waals surface area contributed by atoms with Crippen molar-refractivity contribution in [1.82, 2.24) is 5.32 Å². The monoisotopic (exact) mass is 322 g/mol. The second kappa shape index (κ2) is 5.73. The van der Waals surface area contributed by atoms with Gasteiger partial charge >= 0.3 is 6.09 Å². The molecule has 1 fully saturated rings. The molecule has 0 aliphatic carbocycles. The van der Waals surface area contributed by atoms with Gasteiger partial charge in [-0.2, -0.15) is 0 Å². The maximum Gasteiger partial charge on any atom is 0.407 e. The number of hydroxylamine groups is 3. The van der Waals surface area contributed by atoms with Gasteiger partial charge in [-0.1, -0.05) is 0 Å². The lowest BCUT2D eigenvalue weighted by Gasteiger charge is -2.48. The minimum atomic E-state index is -3.40. The Morgan fingerprint density at radius 2 is 1.81 bits per heavy atom. The number of hydrogen-bond donors (Lipinski definition) is 1. The number of carbonyl (C=O) groups excluding carboxylic acids is 1. The van der Waals surface area contributed by atoms with Gasteiger partial charge in [0.05, 0.1) is 20.1 Å². The Kier molecular flexibility index (Phi) is 4.97. The molecule has 1 N–H and O–H groups in total. The molecule has 0 bridgehead atoms. The second-order valence-corrected chi connectivity index (χ2v) is 9.47. The van der Waals surface area contributed by atoms with Crippen molar-refractivity contribution in [3.63, 3.8) is 0 Å². The summed E-state index contributed by atoms with van der Waals surface area (Å²) < 4.78 is 27.8. The van der Waals surface area contributed by atoms with Crippen molar-refractivity contribution in [3.8, 4) is 0 Å². The van der Waals surface area contributed by atoms with Crippen LogP contribution in [0.3, 0.4) is 0 Å². The lowest BCUT2D eigenvalue weighted by Crippen LogP contribution is -2.58. The molecule has 21 heavy (non-hydrogen) atoms. The lowest BCUT2D eigenvalue weighted by molar-refractivity contribution is -0.866. The van der Waals surface area contributed by atoms with Gasteiger partial charge in [-0.05, 0) is 20.8 Å². The zero-order valence-electron chi connectivity index (χ0n) is 13.4. The normalized spacial score (nSPS) is 30.8. The van der Waals surface area contributed by atoms with Crippen molar-refractivity contribution in [1.29, 1.82) is 0 Å². The van der Waals surface area contributed by atoms with Crippen LogP contribution in [0.25, 0.3) is 0 Å². The van der Waals surface area contributed by atoms with Crippen LogP contribution in [0.1, 0.15) is 33.6 Å². The molecule has 0 spiro atoms. The molecule has 0 aromatic heterocycles. The summed E-state index contributed by atoms with van der Waals surface area (Å²) in [5.41, 5.74) is -0.640. The van der Waals surface area contributed by atoms with Crippen LogP contribution in [0.5, 0.6) is 0 Å². The van der Waals surface area contributed by atoms with Gasteiger partial charge in [-0.25, -0.2) is 13.2 Å². The average molecular weight is 322 g/mol. The molecule has 1 saturated heterocycles. The third-order valence-corrected chi connectivity index (χ3v) is 5.95. The molecule has 1 rings (SSSR count). The third kappa shape index (κ3) is 5.12. The first-order valence-corrected chi connectivity index (χ1v) is 8.88. The topological polar surface area (TPSA) is 95.5 Å². The number of ether oxygens (including phenoxy) is 1. The van der Waals surface area contributed by atoms with E-state index in [0.717, 1.165) is 6.26 Å². The Labute approximate surface area is 126 Å². The van der Waals surface area contributed by atoms with Gasteiger partial charge in [0.15, 0.2) is 9.84 Å². The number of amides is 1. The summed E-state index contributed by atoms with van der Waals surface area (Å²) in [4.78, 5) is 11.7. The van der Waals surface area contributed by atoms with Crippen molar-refractivity contribution in [2.75, 3.05) is 32.9 Å². The number of likely N-dealkylation sites (tertiary alicyclic amines) is 1. The van der Waals surface area contributed by atoms with Crippen molar-refractivity contribution in [2.45, 2.75) is 44.0 Å². The van der Waals surface area contributed by atoms with Gasteiger partial charge < -0.3 is 19.9 Å². The van der Waals surface area contributed by atoms with E-state index in [1.807, 2.05) is 0 Å². The number of nitrogens with zero attached hydrogens (tertiary/aromatic N) is 1. The van der Waals surface area contributed by atoms with Crippen LogP contribution in [0.15, 0.2) is 0 Å². The molecule has 0 aromatic rings. The number of hydrogen-bond acceptors (Lipinski definition) is 5. The van der Waals surface area contributed by atoms with Gasteiger partial charge in [0.1, 0.15) is 10.3 Å². The molecule has 124 valence electrons. The minimum absolute atomic E-state index is 0.0270. The first-order chi connectivity index (χ1) is 9.27. The maximum absolute atomic E-state index is 12.1. The number of carbonyl (C=O) groups is 1. The number of nitrogens with one attached hydrogen (secondary N) is 1. The molecule has 7 nitrogen and oxygen atoms in total. The van der Waals surface area contributed by atoms with Crippen LogP contribution in [-0.2, 0) is 14.6 Å². The molecule has 8 heteroatoms. The van der Waals surface area contributed by atoms with E-state index in [1.165, 1.54) is 7.05 Å². The van der Waals surface area contributed by atoms with Crippen LogP contribution in [0.2, 0.25) is 0 Å². The number of rotatable bonds is 3. The Hall–Kier alpha value is -0.860. The van der Waals surface area contributed by atoms with Gasteiger partial charge in [0.25, 0.3) is 0 Å². The van der Waals surface area contributed by atoms with Crippen LogP contribution in [0, 0.1) is 5.21 Å². The first kappa shape index (κ1) is 18.2. The van der Waals surface area contributed by atoms with Gasteiger partial charge in [0.2, 0.25) is 0 Å². The fraction of sp³-hybridized carbons (Fsp3) is 0.923. The molecular weight excluding hydrogens is 296 g/mol. The fourth-order valence-electron chi connectivity index (χ4n) is 2.34. The van der Waals surface area contributed by atoms with Crippen molar-refractivity contribution >= 4 is 15.9 Å². The van der Waals surface area contributed by atoms with Crippen molar-refractivity contribution < 1.29 is 22.6 Å². The predicted octanol–water partition coefficient (Wildman–Crippen LogP) is 1.03. The Balaban J connectivity index is 2.76. The van der Waals surface area contributed by atoms with E-state index in [9.17, 15) is 18.4 Å². The van der Waals surface area contributed by atoms with Crippen LogP contribution < -0.4 is 5.32 Å². The molecule has 0 unspecified atom stereocenters. The average Bonchev–Trinajstić information content (AvgIpc) is 2.24. The number of sulfone groups is 1. The number of quaternary nitrogens is 1. The zero-order chi connectivity index (χ0) is 16.5. The molecule has 1 heterocycles. The molecule has 1 aliphatic rings. The van der Waals surface area contributed by atoms with E-state index < -0.39 is 30.9 Å². The van der Waals surface area contributed by atoms with Crippen molar-refractivity contribution in [2.24, 2.45) is 0 Å². The number of alkyl carbamates (subject to hydrolysis) is 1. The van der Waals surface area contributed by atoms with E-state index in [1.54, 1.807) is 20.8 Å². The van der Waals surface area contributed by atoms with Crippen LogP contribution in [-0.4, -0.2) is 62.4 Å². The van der Waals surface area contributed by atoms with E-state index in [-0.39, 0.29) is 32.5 Å². The highest BCUT2D eigenvalue weighted by Gasteiger charge is 2.46. The van der Waals surface area contributed by atoms with Gasteiger partial charge in [0, 0.05) is 25.6 Å². The van der Waals surface area contributed by atoms with Crippen LogP contribution >= 0.6 is 0 Å². The first-order valence-electron chi connectivity index (χ1n) is 6.98. The zero-order valence-corrected chi connectivity index (χ0v) is 14.2. The van der Waals surface area contributed by atoms with Gasteiger partial charge in [-0.3, -0.25) is 0 Å². The highest BCUT2D eigenvalue weighted by molar-refractivity contribution is 7.92. The molecule has 1 aliphatic heterocycles. The fourth-order valence-corrected chi connectivity index (χ4v) is 3.60. The highest BCUT2D eigenvalue weighted by Crippen LogP contribution is 2.32. The summed E-state index contributed by atoms with van der Waals surface area (Å²) in [6, 6.07) is 0. The standard InChI is InChI=1S/C13H26N2O5S/c1-12(2,3)20-11(16)14-10-13(21(5,18)19)6-8-15(4,17)9-7-13/h6-10H2,1-5H3,(H,14,16). The van der Waals surface area contributed by atoms with Crippen LogP contribution in [0.4, 0.5) is 4.79 Å². The Bertz CT molecular complexity index is 483. The summed E-state index contributed by atoms with van der Waals surface area (Å²) in [6.45, 7) is 5.63. The summed E-state index contributed by atoms with van der Waals surface area (Å²) >= 11 is 0. The quantitative estimate of drug-likeness (QED) is 0.618. The highest BCUT2D eigenvalue weighted by atomic mass is 32.2. The van der Waals surface area contributed by atoms with Crippen molar-refractivity contribution in [3.05, 3.63) is 5.21 Å². The second-order valence-electron chi connectivity index (χ2n) is 7.05. The smallest absolute Gasteiger partial charge is 0.407 e. The molecular formula is C13H26N2O5S. The van der Waals surface area contributed by atoms with E-state index in [4.69, 9.17) is 4.74 Å². The molecule has 0 atom stereocenters. The lowest BCUT2D eigenvalue weighted by atomic mass is 9.95. The molecule has 0 aromatic carbocycles. The SMILES string of the molecule is CC(C)(C)OC(=O)NCC1(S(C)(=O)=O)CC[N+](C)([O-])CC1. The summed E-state index contributed by atoms with van der Waals surface area (Å²) in [5.74, 6) is 0. The predicted molar refractivity (Wildman–Crippen MR) is 80.3 cm³/mol.